The van der Waals surface area contributed by atoms with Gasteiger partial charge in [0.15, 0.2) is 0 Å². The monoisotopic (exact) mass is 421 g/mol. The second-order valence-electron chi connectivity index (χ2n) is 8.23. The lowest BCUT2D eigenvalue weighted by Gasteiger charge is -2.21. The zero-order chi connectivity index (χ0) is 21.8. The lowest BCUT2D eigenvalue weighted by atomic mass is 10.0. The highest BCUT2D eigenvalue weighted by molar-refractivity contribution is 6.13. The molecule has 5 aromatic rings. The minimum absolute atomic E-state index is 0.406. The Balaban J connectivity index is 1.52. The number of aliphatic imine (C=N–C) groups is 1. The third kappa shape index (κ3) is 2.74. The molecule has 32 heavy (non-hydrogen) atoms. The number of fused-ring (bicyclic) bond motifs is 3. The van der Waals surface area contributed by atoms with Crippen LogP contribution < -0.4 is 15.4 Å². The summed E-state index contributed by atoms with van der Waals surface area (Å²) in [4.78, 5) is 6.80. The molecule has 0 spiro atoms. The van der Waals surface area contributed by atoms with Gasteiger partial charge < -0.3 is 19.8 Å². The van der Waals surface area contributed by atoms with E-state index in [-0.39, 0.29) is 0 Å². The molecule has 4 aromatic carbocycles. The molecule has 0 fully saturated rings. The van der Waals surface area contributed by atoms with Gasteiger partial charge in [0.05, 0.1) is 23.9 Å². The van der Waals surface area contributed by atoms with Gasteiger partial charge in [0, 0.05) is 30.0 Å². The van der Waals surface area contributed by atoms with E-state index < -0.39 is 0 Å². The maximum Gasteiger partial charge on any atom is 0.200 e. The number of hydrogen-bond donors (Lipinski definition) is 1. The van der Waals surface area contributed by atoms with Crippen LogP contribution in [0.1, 0.15) is 11.1 Å². The molecule has 0 atom stereocenters. The molecular weight excluding hydrogens is 398 g/mol. The first-order valence-electron chi connectivity index (χ1n) is 10.7. The molecule has 0 unspecified atom stereocenters. The number of para-hydroxylation sites is 1. The fourth-order valence-electron chi connectivity index (χ4n) is 4.86. The van der Waals surface area contributed by atoms with Gasteiger partial charge in [0.25, 0.3) is 0 Å². The van der Waals surface area contributed by atoms with E-state index >= 15 is 0 Å². The average Bonchev–Trinajstić information content (AvgIpc) is 3.41. The largest absolute Gasteiger partial charge is 0.497 e. The lowest BCUT2D eigenvalue weighted by molar-refractivity contribution is 0.415. The molecule has 0 radical (unpaired) electrons. The maximum atomic E-state index is 6.56. The fraction of sp³-hybridized carbons (Fsp3) is 0.148. The number of furan rings is 1. The summed E-state index contributed by atoms with van der Waals surface area (Å²) in [6.07, 6.45) is 2.19. The molecule has 0 saturated heterocycles. The molecule has 0 saturated carbocycles. The second kappa shape index (κ2) is 7.02. The average molecular weight is 422 g/mol. The van der Waals surface area contributed by atoms with E-state index in [0.717, 1.165) is 46.2 Å². The fourth-order valence-corrected chi connectivity index (χ4v) is 4.86. The Labute approximate surface area is 185 Å². The summed E-state index contributed by atoms with van der Waals surface area (Å²) in [6.45, 7) is 0. The second-order valence-corrected chi connectivity index (χ2v) is 8.23. The summed E-state index contributed by atoms with van der Waals surface area (Å²) >= 11 is 0. The predicted octanol–water partition coefficient (Wildman–Crippen LogP) is 5.93. The van der Waals surface area contributed by atoms with Crippen LogP contribution in [0.25, 0.3) is 32.7 Å². The highest BCUT2D eigenvalue weighted by Gasteiger charge is 2.19. The summed E-state index contributed by atoms with van der Waals surface area (Å²) in [5.74, 6) is 1.08. The van der Waals surface area contributed by atoms with Crippen molar-refractivity contribution in [2.24, 2.45) is 10.7 Å². The van der Waals surface area contributed by atoms with Crippen molar-refractivity contribution in [2.45, 2.75) is 12.8 Å². The van der Waals surface area contributed by atoms with E-state index in [4.69, 9.17) is 19.9 Å². The van der Waals surface area contributed by atoms with E-state index in [1.807, 2.05) is 48.3 Å². The maximum absolute atomic E-state index is 6.56. The van der Waals surface area contributed by atoms with Gasteiger partial charge in [-0.25, -0.2) is 4.99 Å². The molecule has 0 amide bonds. The van der Waals surface area contributed by atoms with Gasteiger partial charge in [0.2, 0.25) is 5.96 Å². The molecular formula is C27H23N3O2. The molecule has 1 heterocycles. The van der Waals surface area contributed by atoms with Gasteiger partial charge in [-0.05, 0) is 41.5 Å². The number of benzene rings is 4. The molecule has 2 N–H and O–H groups in total. The smallest absolute Gasteiger partial charge is 0.200 e. The summed E-state index contributed by atoms with van der Waals surface area (Å²) < 4.78 is 11.5. The van der Waals surface area contributed by atoms with Crippen LogP contribution in [-0.2, 0) is 12.8 Å². The number of rotatable bonds is 3. The molecule has 0 bridgehead atoms. The van der Waals surface area contributed by atoms with Crippen molar-refractivity contribution in [2.75, 3.05) is 19.1 Å². The molecule has 1 aliphatic rings. The molecule has 6 rings (SSSR count). The topological polar surface area (TPSA) is 64.0 Å². The molecule has 5 nitrogen and oxygen atoms in total. The number of aryl methyl sites for hydroxylation is 2. The van der Waals surface area contributed by atoms with Crippen molar-refractivity contribution >= 4 is 50.0 Å². The van der Waals surface area contributed by atoms with E-state index in [1.54, 1.807) is 7.11 Å². The zero-order valence-electron chi connectivity index (χ0n) is 18.1. The molecule has 158 valence electrons. The van der Waals surface area contributed by atoms with Crippen LogP contribution in [-0.4, -0.2) is 20.1 Å². The predicted molar refractivity (Wildman–Crippen MR) is 131 cm³/mol. The van der Waals surface area contributed by atoms with Gasteiger partial charge in [-0.15, -0.1) is 0 Å². The van der Waals surface area contributed by atoms with Crippen molar-refractivity contribution in [3.05, 3.63) is 77.9 Å². The summed E-state index contributed by atoms with van der Waals surface area (Å²) in [5.41, 5.74) is 12.7. The summed E-state index contributed by atoms with van der Waals surface area (Å²) in [7, 11) is 3.60. The van der Waals surface area contributed by atoms with Crippen molar-refractivity contribution in [3.63, 3.8) is 0 Å². The van der Waals surface area contributed by atoms with Gasteiger partial charge in [-0.3, -0.25) is 0 Å². The summed E-state index contributed by atoms with van der Waals surface area (Å²) in [6, 6.07) is 22.6. The molecule has 5 heteroatoms. The first-order chi connectivity index (χ1) is 15.6. The van der Waals surface area contributed by atoms with Gasteiger partial charge >= 0.3 is 0 Å². The van der Waals surface area contributed by atoms with Crippen LogP contribution in [0.4, 0.5) is 11.4 Å². The summed E-state index contributed by atoms with van der Waals surface area (Å²) in [5, 5.41) is 4.50. The van der Waals surface area contributed by atoms with E-state index in [9.17, 15) is 0 Å². The highest BCUT2D eigenvalue weighted by Crippen LogP contribution is 2.40. The Morgan fingerprint density at radius 2 is 1.69 bits per heavy atom. The Bertz CT molecular complexity index is 1540. The normalized spacial score (nSPS) is 13.4. The van der Waals surface area contributed by atoms with Crippen LogP contribution in [0.5, 0.6) is 5.75 Å². The number of anilines is 1. The zero-order valence-corrected chi connectivity index (χ0v) is 18.1. The standard InChI is InChI=1S/C27H23N3O2/c1-30(22-13-12-17-11-10-16-6-5-8-19(22)25(16)17)27(28)29-21-14-18(31-2)15-24-26(21)20-7-3-4-9-23(20)32-24/h3-9,12-15H,10-11H2,1-2H3,(H2,28,29). The van der Waals surface area contributed by atoms with Crippen LogP contribution >= 0.6 is 0 Å². The molecule has 0 aliphatic heterocycles. The molecule has 1 aliphatic carbocycles. The number of ether oxygens (including phenoxy) is 1. The number of nitrogens with zero attached hydrogens (tertiary/aromatic N) is 2. The van der Waals surface area contributed by atoms with E-state index in [1.165, 1.54) is 21.9 Å². The van der Waals surface area contributed by atoms with E-state index in [0.29, 0.717) is 11.7 Å². The van der Waals surface area contributed by atoms with Crippen molar-refractivity contribution in [1.29, 1.82) is 0 Å². The van der Waals surface area contributed by atoms with Crippen LogP contribution in [0.2, 0.25) is 0 Å². The Morgan fingerprint density at radius 1 is 0.906 bits per heavy atom. The van der Waals surface area contributed by atoms with Crippen LogP contribution in [0, 0.1) is 0 Å². The Hall–Kier alpha value is -3.99. The van der Waals surface area contributed by atoms with Gasteiger partial charge in [0.1, 0.15) is 16.9 Å². The number of guanidine groups is 1. The van der Waals surface area contributed by atoms with Gasteiger partial charge in [-0.1, -0.05) is 42.5 Å². The number of methoxy groups -OCH3 is 1. The molecule has 1 aromatic heterocycles. The van der Waals surface area contributed by atoms with Gasteiger partial charge in [-0.2, -0.15) is 0 Å². The minimum Gasteiger partial charge on any atom is -0.497 e. The first-order valence-corrected chi connectivity index (χ1v) is 10.7. The minimum atomic E-state index is 0.406. The SMILES string of the molecule is COc1cc(N=C(N)N(C)c2ccc3c4c(cccc24)CC3)c2c(c1)oc1ccccc12. The third-order valence-corrected chi connectivity index (χ3v) is 6.46. The number of nitrogens with two attached hydrogens (primary N) is 1. The lowest BCUT2D eigenvalue weighted by Crippen LogP contribution is -2.33. The Morgan fingerprint density at radius 3 is 2.53 bits per heavy atom. The van der Waals surface area contributed by atoms with Crippen molar-refractivity contribution in [1.82, 2.24) is 0 Å². The van der Waals surface area contributed by atoms with Crippen molar-refractivity contribution in [3.8, 4) is 5.75 Å². The Kier molecular flexibility index (Phi) is 4.12. The van der Waals surface area contributed by atoms with Crippen LogP contribution in [0.15, 0.2) is 76.1 Å². The van der Waals surface area contributed by atoms with Crippen LogP contribution in [0.3, 0.4) is 0 Å². The number of hydrogen-bond acceptors (Lipinski definition) is 3. The first kappa shape index (κ1) is 18.8. The quantitative estimate of drug-likeness (QED) is 0.290. The van der Waals surface area contributed by atoms with Crippen molar-refractivity contribution < 1.29 is 9.15 Å². The highest BCUT2D eigenvalue weighted by atomic mass is 16.5. The third-order valence-electron chi connectivity index (χ3n) is 6.46. The van der Waals surface area contributed by atoms with E-state index in [2.05, 4.69) is 30.3 Å².